The maximum Gasteiger partial charge on any atom is 0.152 e. The lowest BCUT2D eigenvalue weighted by atomic mass is 10.1. The quantitative estimate of drug-likeness (QED) is 0.795. The van der Waals surface area contributed by atoms with E-state index in [0.29, 0.717) is 6.61 Å². The number of ether oxygens (including phenoxy) is 1. The van der Waals surface area contributed by atoms with Crippen molar-refractivity contribution in [1.29, 1.82) is 0 Å². The summed E-state index contributed by atoms with van der Waals surface area (Å²) >= 11 is 0. The first kappa shape index (κ1) is 16.0. The van der Waals surface area contributed by atoms with Crippen LogP contribution in [0.2, 0.25) is 0 Å². The Hall–Kier alpha value is -1.07. The second-order valence-electron chi connectivity index (χ2n) is 4.64. The van der Waals surface area contributed by atoms with Crippen molar-refractivity contribution >= 4 is 15.5 Å². The highest BCUT2D eigenvalue weighted by atomic mass is 32.2. The fraction of sp³-hybridized carbons (Fsp3) is 0.571. The molecule has 108 valence electrons. The maximum absolute atomic E-state index is 11.6. The second kappa shape index (κ2) is 7.50. The van der Waals surface area contributed by atoms with Crippen molar-refractivity contribution in [2.75, 3.05) is 30.5 Å². The highest BCUT2D eigenvalue weighted by molar-refractivity contribution is 7.91. The van der Waals surface area contributed by atoms with E-state index in [-0.39, 0.29) is 17.5 Å². The minimum absolute atomic E-state index is 0.103. The van der Waals surface area contributed by atoms with Gasteiger partial charge < -0.3 is 10.1 Å². The Kier molecular flexibility index (Phi) is 6.31. The van der Waals surface area contributed by atoms with Gasteiger partial charge in [-0.25, -0.2) is 8.42 Å². The Morgan fingerprint density at radius 3 is 2.63 bits per heavy atom. The van der Waals surface area contributed by atoms with Crippen LogP contribution >= 0.6 is 0 Å². The van der Waals surface area contributed by atoms with Gasteiger partial charge in [0.05, 0.1) is 12.4 Å². The Labute approximate surface area is 116 Å². The molecule has 0 heterocycles. The molecule has 1 aromatic carbocycles. The molecule has 5 heteroatoms. The minimum atomic E-state index is -2.96. The Morgan fingerprint density at radius 2 is 2.00 bits per heavy atom. The first-order valence-corrected chi connectivity index (χ1v) is 8.34. The second-order valence-corrected chi connectivity index (χ2v) is 7.04. The van der Waals surface area contributed by atoms with Gasteiger partial charge in [-0.3, -0.25) is 0 Å². The molecule has 0 radical (unpaired) electrons. The molecular formula is C14H23NO3S. The molecule has 0 aliphatic carbocycles. The van der Waals surface area contributed by atoms with E-state index in [0.717, 1.165) is 17.7 Å². The molecule has 1 rings (SSSR count). The zero-order valence-electron chi connectivity index (χ0n) is 11.8. The van der Waals surface area contributed by atoms with E-state index in [1.165, 1.54) is 0 Å². The third kappa shape index (κ3) is 5.61. The molecule has 0 aliphatic rings. The molecule has 19 heavy (non-hydrogen) atoms. The first-order chi connectivity index (χ1) is 8.98. The average molecular weight is 285 g/mol. The van der Waals surface area contributed by atoms with E-state index in [1.807, 2.05) is 31.2 Å². The van der Waals surface area contributed by atoms with E-state index in [4.69, 9.17) is 4.74 Å². The van der Waals surface area contributed by atoms with Gasteiger partial charge in [0.15, 0.2) is 9.84 Å². The van der Waals surface area contributed by atoms with E-state index < -0.39 is 9.84 Å². The van der Waals surface area contributed by atoms with Crippen molar-refractivity contribution in [2.24, 2.45) is 0 Å². The standard InChI is InChI=1S/C14H23NO3S/c1-4-19(16,17)11-12(2)15-14-8-6-5-7-13(14)9-10-18-3/h5-8,12,15H,4,9-11H2,1-3H3. The summed E-state index contributed by atoms with van der Waals surface area (Å²) in [6.07, 6.45) is 0.812. The lowest BCUT2D eigenvalue weighted by Gasteiger charge is -2.18. The monoisotopic (exact) mass is 285 g/mol. The van der Waals surface area contributed by atoms with Gasteiger partial charge in [0.1, 0.15) is 0 Å². The summed E-state index contributed by atoms with van der Waals surface area (Å²) < 4.78 is 28.3. The Morgan fingerprint density at radius 1 is 1.32 bits per heavy atom. The van der Waals surface area contributed by atoms with Gasteiger partial charge in [0.25, 0.3) is 0 Å². The molecule has 0 amide bonds. The highest BCUT2D eigenvalue weighted by Crippen LogP contribution is 2.17. The van der Waals surface area contributed by atoms with Crippen molar-refractivity contribution in [2.45, 2.75) is 26.3 Å². The van der Waals surface area contributed by atoms with Gasteiger partial charge in [0, 0.05) is 24.6 Å². The third-order valence-electron chi connectivity index (χ3n) is 2.94. The van der Waals surface area contributed by atoms with Gasteiger partial charge in [-0.2, -0.15) is 0 Å². The van der Waals surface area contributed by atoms with E-state index >= 15 is 0 Å². The molecule has 1 unspecified atom stereocenters. The molecule has 1 N–H and O–H groups in total. The van der Waals surface area contributed by atoms with Crippen LogP contribution in [0.5, 0.6) is 0 Å². The third-order valence-corrected chi connectivity index (χ3v) is 4.83. The van der Waals surface area contributed by atoms with Crippen LogP contribution in [0.4, 0.5) is 5.69 Å². The topological polar surface area (TPSA) is 55.4 Å². The van der Waals surface area contributed by atoms with Crippen molar-refractivity contribution in [1.82, 2.24) is 0 Å². The maximum atomic E-state index is 11.6. The molecule has 0 saturated heterocycles. The molecule has 0 aromatic heterocycles. The molecule has 0 saturated carbocycles. The van der Waals surface area contributed by atoms with Crippen LogP contribution in [-0.4, -0.2) is 39.7 Å². The van der Waals surface area contributed by atoms with Crippen LogP contribution in [0.15, 0.2) is 24.3 Å². The zero-order valence-corrected chi connectivity index (χ0v) is 12.7. The molecule has 4 nitrogen and oxygen atoms in total. The number of methoxy groups -OCH3 is 1. The average Bonchev–Trinajstić information content (AvgIpc) is 2.37. The summed E-state index contributed by atoms with van der Waals surface area (Å²) in [5, 5.41) is 3.28. The highest BCUT2D eigenvalue weighted by Gasteiger charge is 2.14. The smallest absolute Gasteiger partial charge is 0.152 e. The summed E-state index contributed by atoms with van der Waals surface area (Å²) in [7, 11) is -1.28. The van der Waals surface area contributed by atoms with Crippen LogP contribution < -0.4 is 5.32 Å². The van der Waals surface area contributed by atoms with Gasteiger partial charge in [-0.15, -0.1) is 0 Å². The number of sulfone groups is 1. The lowest BCUT2D eigenvalue weighted by molar-refractivity contribution is 0.202. The van der Waals surface area contributed by atoms with Gasteiger partial charge in [0.2, 0.25) is 0 Å². The zero-order chi connectivity index (χ0) is 14.3. The number of hydrogen-bond donors (Lipinski definition) is 1. The molecule has 0 bridgehead atoms. The number of para-hydroxylation sites is 1. The number of nitrogens with one attached hydrogen (secondary N) is 1. The van der Waals surface area contributed by atoms with Crippen molar-refractivity contribution in [3.63, 3.8) is 0 Å². The SMILES string of the molecule is CCS(=O)(=O)CC(C)Nc1ccccc1CCOC. The van der Waals surface area contributed by atoms with Gasteiger partial charge >= 0.3 is 0 Å². The number of benzene rings is 1. The summed E-state index contributed by atoms with van der Waals surface area (Å²) in [5.74, 6) is 0.340. The summed E-state index contributed by atoms with van der Waals surface area (Å²) in [6, 6.07) is 7.82. The molecule has 0 fully saturated rings. The van der Waals surface area contributed by atoms with Crippen LogP contribution in [-0.2, 0) is 21.0 Å². The van der Waals surface area contributed by atoms with E-state index in [2.05, 4.69) is 5.32 Å². The van der Waals surface area contributed by atoms with E-state index in [9.17, 15) is 8.42 Å². The molecule has 1 aromatic rings. The van der Waals surface area contributed by atoms with Gasteiger partial charge in [-0.05, 0) is 25.0 Å². The van der Waals surface area contributed by atoms with Crippen molar-refractivity contribution < 1.29 is 13.2 Å². The predicted molar refractivity (Wildman–Crippen MR) is 79.4 cm³/mol. The lowest BCUT2D eigenvalue weighted by Crippen LogP contribution is -2.27. The number of anilines is 1. The van der Waals surface area contributed by atoms with E-state index in [1.54, 1.807) is 14.0 Å². The summed E-state index contributed by atoms with van der Waals surface area (Å²) in [4.78, 5) is 0. The molecular weight excluding hydrogens is 262 g/mol. The summed E-state index contributed by atoms with van der Waals surface area (Å²) in [6.45, 7) is 4.22. The Balaban J connectivity index is 2.70. The minimum Gasteiger partial charge on any atom is -0.384 e. The summed E-state index contributed by atoms with van der Waals surface area (Å²) in [5.41, 5.74) is 2.13. The number of hydrogen-bond acceptors (Lipinski definition) is 4. The van der Waals surface area contributed by atoms with Crippen LogP contribution in [0.3, 0.4) is 0 Å². The largest absolute Gasteiger partial charge is 0.384 e. The fourth-order valence-electron chi connectivity index (χ4n) is 1.90. The first-order valence-electron chi connectivity index (χ1n) is 6.52. The molecule has 1 atom stereocenters. The van der Waals surface area contributed by atoms with Crippen LogP contribution in [0.1, 0.15) is 19.4 Å². The van der Waals surface area contributed by atoms with Crippen LogP contribution in [0.25, 0.3) is 0 Å². The molecule has 0 spiro atoms. The predicted octanol–water partition coefficient (Wildman–Crippen LogP) is 2.11. The van der Waals surface area contributed by atoms with Gasteiger partial charge in [-0.1, -0.05) is 25.1 Å². The fourth-order valence-corrected chi connectivity index (χ4v) is 2.98. The van der Waals surface area contributed by atoms with Crippen molar-refractivity contribution in [3.8, 4) is 0 Å². The molecule has 0 aliphatic heterocycles. The Bertz CT molecular complexity index is 485. The van der Waals surface area contributed by atoms with Crippen LogP contribution in [0, 0.1) is 0 Å². The van der Waals surface area contributed by atoms with Crippen molar-refractivity contribution in [3.05, 3.63) is 29.8 Å². The normalized spacial score (nSPS) is 13.2. The number of rotatable bonds is 8.